The number of amidine groups is 1. The van der Waals surface area contributed by atoms with Gasteiger partial charge in [-0.25, -0.2) is 9.98 Å². The van der Waals surface area contributed by atoms with Gasteiger partial charge in [-0.15, -0.1) is 0 Å². The third kappa shape index (κ3) is 5.16. The molecule has 0 saturated heterocycles. The van der Waals surface area contributed by atoms with Gasteiger partial charge in [-0.2, -0.15) is 10.2 Å². The third-order valence-corrected chi connectivity index (χ3v) is 8.00. The Bertz CT molecular complexity index is 1310. The highest BCUT2D eigenvalue weighted by Gasteiger charge is 2.48. The topological polar surface area (TPSA) is 102 Å². The number of nitrogens with zero attached hydrogens (tertiary/aromatic N) is 5. The second kappa shape index (κ2) is 10.5. The molecule has 1 aliphatic heterocycles. The summed E-state index contributed by atoms with van der Waals surface area (Å²) >= 11 is 0. The van der Waals surface area contributed by atoms with E-state index in [0.717, 1.165) is 79.2 Å². The molecule has 0 radical (unpaired) electrons. The predicted octanol–water partition coefficient (Wildman–Crippen LogP) is 5.46. The summed E-state index contributed by atoms with van der Waals surface area (Å²) in [6.07, 6.45) is 12.6. The number of carbonyl (C=O) groups excluding carboxylic acids is 1. The van der Waals surface area contributed by atoms with Crippen LogP contribution in [-0.2, 0) is 9.53 Å². The lowest BCUT2D eigenvalue weighted by Crippen LogP contribution is -2.21. The van der Waals surface area contributed by atoms with Gasteiger partial charge in [-0.1, -0.05) is 12.8 Å². The number of carbonyl (C=O) groups is 1. The van der Waals surface area contributed by atoms with Gasteiger partial charge in [0.1, 0.15) is 12.4 Å². The molecule has 6 rings (SSSR count). The molecule has 4 heterocycles. The van der Waals surface area contributed by atoms with Crippen LogP contribution in [0.3, 0.4) is 0 Å². The Hall–Kier alpha value is -3.52. The fourth-order valence-corrected chi connectivity index (χ4v) is 5.87. The summed E-state index contributed by atoms with van der Waals surface area (Å²) < 4.78 is 5.10. The van der Waals surface area contributed by atoms with Crippen molar-refractivity contribution in [3.63, 3.8) is 0 Å². The maximum atomic E-state index is 12.4. The number of fused-ring (bicyclic) bond motifs is 3. The van der Waals surface area contributed by atoms with Gasteiger partial charge in [0.25, 0.3) is 0 Å². The summed E-state index contributed by atoms with van der Waals surface area (Å²) in [7, 11) is 1.60. The number of ketones is 1. The quantitative estimate of drug-likeness (QED) is 0.483. The highest BCUT2D eigenvalue weighted by molar-refractivity contribution is 6.04. The molecule has 37 heavy (non-hydrogen) atoms. The van der Waals surface area contributed by atoms with Crippen LogP contribution >= 0.6 is 0 Å². The van der Waals surface area contributed by atoms with Crippen molar-refractivity contribution in [3.8, 4) is 11.3 Å². The van der Waals surface area contributed by atoms with Crippen LogP contribution in [0.5, 0.6) is 0 Å². The van der Waals surface area contributed by atoms with Gasteiger partial charge in [0.2, 0.25) is 0 Å². The summed E-state index contributed by atoms with van der Waals surface area (Å²) in [5, 5.41) is 11.4. The van der Waals surface area contributed by atoms with Crippen molar-refractivity contribution >= 4 is 23.1 Å². The van der Waals surface area contributed by atoms with Gasteiger partial charge in [-0.3, -0.25) is 9.78 Å². The van der Waals surface area contributed by atoms with Crippen LogP contribution in [0, 0.1) is 11.8 Å². The molecule has 0 spiro atoms. The molecular weight excluding hydrogens is 464 g/mol. The zero-order valence-corrected chi connectivity index (χ0v) is 21.1. The number of hydrogen-bond donors (Lipinski definition) is 1. The monoisotopic (exact) mass is 496 g/mol. The summed E-state index contributed by atoms with van der Waals surface area (Å²) in [4.78, 5) is 26.9. The molecule has 1 N–H and O–H groups in total. The molecule has 2 saturated carbocycles. The first-order valence-electron chi connectivity index (χ1n) is 13.3. The molecule has 2 fully saturated rings. The number of aliphatic imine (C=N–C) groups is 1. The van der Waals surface area contributed by atoms with Crippen LogP contribution in [0.25, 0.3) is 11.3 Å². The SMILES string of the molecule is COCC(=O)C1CCCCC(c2ccnc(N=C3Nc4ccc(-c5ccnnc5)nc4C4CC34)c2)CC1. The Morgan fingerprint density at radius 3 is 2.84 bits per heavy atom. The molecule has 4 atom stereocenters. The Morgan fingerprint density at radius 1 is 1.05 bits per heavy atom. The van der Waals surface area contributed by atoms with Crippen molar-refractivity contribution in [2.75, 3.05) is 19.0 Å². The molecule has 2 aliphatic carbocycles. The first kappa shape index (κ1) is 23.9. The molecule has 4 unspecified atom stereocenters. The molecule has 8 heteroatoms. The normalized spacial score (nSPS) is 25.8. The van der Waals surface area contributed by atoms with Gasteiger partial charge < -0.3 is 10.1 Å². The Labute approximate surface area is 217 Å². The summed E-state index contributed by atoms with van der Waals surface area (Å²) in [5.74, 6) is 3.25. The van der Waals surface area contributed by atoms with E-state index in [1.54, 1.807) is 19.5 Å². The Morgan fingerprint density at radius 2 is 1.97 bits per heavy atom. The van der Waals surface area contributed by atoms with E-state index in [-0.39, 0.29) is 18.3 Å². The van der Waals surface area contributed by atoms with Crippen molar-refractivity contribution in [2.45, 2.75) is 56.8 Å². The maximum absolute atomic E-state index is 12.4. The van der Waals surface area contributed by atoms with E-state index in [4.69, 9.17) is 14.7 Å². The average Bonchev–Trinajstić information content (AvgIpc) is 3.71. The number of hydrogen-bond acceptors (Lipinski definition) is 7. The third-order valence-electron chi connectivity index (χ3n) is 8.00. The number of aromatic nitrogens is 4. The number of ether oxygens (including phenoxy) is 1. The van der Waals surface area contributed by atoms with E-state index >= 15 is 0 Å². The first-order chi connectivity index (χ1) is 18.2. The smallest absolute Gasteiger partial charge is 0.161 e. The van der Waals surface area contributed by atoms with Gasteiger partial charge in [0, 0.05) is 36.6 Å². The minimum atomic E-state index is 0.117. The first-order valence-corrected chi connectivity index (χ1v) is 13.3. The molecule has 0 amide bonds. The average molecular weight is 497 g/mol. The van der Waals surface area contributed by atoms with Crippen LogP contribution in [-0.4, -0.2) is 45.5 Å². The highest BCUT2D eigenvalue weighted by Crippen LogP contribution is 2.53. The van der Waals surface area contributed by atoms with E-state index in [1.165, 1.54) is 5.56 Å². The van der Waals surface area contributed by atoms with Crippen molar-refractivity contribution in [1.29, 1.82) is 0 Å². The lowest BCUT2D eigenvalue weighted by molar-refractivity contribution is -0.127. The minimum absolute atomic E-state index is 0.117. The number of anilines is 1. The Balaban J connectivity index is 1.18. The fraction of sp³-hybridized carbons (Fsp3) is 0.448. The predicted molar refractivity (Wildman–Crippen MR) is 142 cm³/mol. The number of Topliss-reactive ketones (excluding diaryl/α,β-unsaturated/α-hetero) is 1. The minimum Gasteiger partial charge on any atom is -0.377 e. The standard InChI is InChI=1S/C29H32N6O2/c1-37-17-26(36)19-5-3-2-4-18(6-7-19)20-10-12-30-27(14-20)35-29-23-15-22(23)28-25(34-29)9-8-24(33-28)21-11-13-31-32-16-21/h8-14,16,18-19,22-23H,2-7,15,17H2,1H3,(H,30,34,35). The van der Waals surface area contributed by atoms with Crippen LogP contribution in [0.1, 0.15) is 68.0 Å². The second-order valence-corrected chi connectivity index (χ2v) is 10.4. The van der Waals surface area contributed by atoms with Crippen LogP contribution in [0.15, 0.2) is 53.9 Å². The fourth-order valence-electron chi connectivity index (χ4n) is 5.87. The zero-order valence-electron chi connectivity index (χ0n) is 21.1. The number of pyridine rings is 2. The second-order valence-electron chi connectivity index (χ2n) is 10.4. The van der Waals surface area contributed by atoms with Gasteiger partial charge in [0.05, 0.1) is 29.5 Å². The van der Waals surface area contributed by atoms with E-state index < -0.39 is 0 Å². The molecule has 8 nitrogen and oxygen atoms in total. The molecule has 0 bridgehead atoms. The van der Waals surface area contributed by atoms with Crippen molar-refractivity contribution in [3.05, 3.63) is 60.2 Å². The molecule has 3 aromatic rings. The van der Waals surface area contributed by atoms with Gasteiger partial charge >= 0.3 is 0 Å². The van der Waals surface area contributed by atoms with Crippen LogP contribution < -0.4 is 5.32 Å². The molecule has 3 aliphatic rings. The number of rotatable bonds is 6. The lowest BCUT2D eigenvalue weighted by Gasteiger charge is -2.24. The Kier molecular flexibility index (Phi) is 6.74. The van der Waals surface area contributed by atoms with E-state index in [2.05, 4.69) is 38.7 Å². The van der Waals surface area contributed by atoms with Crippen molar-refractivity contribution in [1.82, 2.24) is 20.2 Å². The molecule has 190 valence electrons. The number of nitrogens with one attached hydrogen (secondary N) is 1. The summed E-state index contributed by atoms with van der Waals surface area (Å²) in [6, 6.07) is 10.3. The highest BCUT2D eigenvalue weighted by atomic mass is 16.5. The van der Waals surface area contributed by atoms with E-state index in [9.17, 15) is 4.79 Å². The van der Waals surface area contributed by atoms with E-state index in [1.807, 2.05) is 18.3 Å². The summed E-state index contributed by atoms with van der Waals surface area (Å²) in [5.41, 5.74) is 5.29. The van der Waals surface area contributed by atoms with Crippen LogP contribution in [0.2, 0.25) is 0 Å². The van der Waals surface area contributed by atoms with Crippen molar-refractivity contribution < 1.29 is 9.53 Å². The largest absolute Gasteiger partial charge is 0.377 e. The lowest BCUT2D eigenvalue weighted by atomic mass is 9.81. The summed E-state index contributed by atoms with van der Waals surface area (Å²) in [6.45, 7) is 0.224. The maximum Gasteiger partial charge on any atom is 0.161 e. The molecule has 0 aromatic carbocycles. The molecule has 3 aromatic heterocycles. The van der Waals surface area contributed by atoms with Crippen LogP contribution in [0.4, 0.5) is 11.5 Å². The number of methoxy groups -OCH3 is 1. The van der Waals surface area contributed by atoms with Crippen molar-refractivity contribution in [2.24, 2.45) is 16.8 Å². The van der Waals surface area contributed by atoms with Gasteiger partial charge in [-0.05, 0) is 73.9 Å². The van der Waals surface area contributed by atoms with Gasteiger partial charge in [0.15, 0.2) is 11.6 Å². The van der Waals surface area contributed by atoms with E-state index in [0.29, 0.717) is 17.8 Å². The zero-order chi connectivity index (χ0) is 25.2. The molecular formula is C29H32N6O2.